The normalized spacial score (nSPS) is 19.8. The second-order valence-electron chi connectivity index (χ2n) is 1.83. The van der Waals surface area contributed by atoms with Crippen molar-refractivity contribution in [3.8, 4) is 0 Å². The van der Waals surface area contributed by atoms with Crippen LogP contribution in [-0.4, -0.2) is 5.84 Å². The monoisotopic (exact) mass is 135 g/mol. The van der Waals surface area contributed by atoms with Crippen molar-refractivity contribution < 1.29 is 0 Å². The molecule has 0 aromatic heterocycles. The predicted molar refractivity (Wildman–Crippen MR) is 35.8 cm³/mol. The van der Waals surface area contributed by atoms with E-state index in [0.717, 1.165) is 0 Å². The predicted octanol–water partition coefficient (Wildman–Crippen LogP) is 0.0491. The summed E-state index contributed by atoms with van der Waals surface area (Å²) in [6, 6.07) is 0. The molecule has 8 heavy (non-hydrogen) atoms. The van der Waals surface area contributed by atoms with Gasteiger partial charge in [-0.1, -0.05) is 0 Å². The summed E-state index contributed by atoms with van der Waals surface area (Å²) < 4.78 is 0. The van der Waals surface area contributed by atoms with Crippen LogP contribution in [0.25, 0.3) is 0 Å². The number of hydrogen-bond donors (Lipinski definition) is 2. The highest BCUT2D eigenvalue weighted by Crippen LogP contribution is 2.28. The fourth-order valence-corrected chi connectivity index (χ4v) is 0.485. The molecule has 0 aromatic rings. The average Bonchev–Trinajstić information content (AvgIpc) is 2.44. The second-order valence-corrected chi connectivity index (χ2v) is 1.83. The lowest BCUT2D eigenvalue weighted by Crippen LogP contribution is -2.15. The number of nitrogens with two attached hydrogens (primary N) is 2. The van der Waals surface area contributed by atoms with Crippen molar-refractivity contribution in [2.24, 2.45) is 22.6 Å². The molecule has 1 saturated carbocycles. The van der Waals surface area contributed by atoms with Crippen LogP contribution in [0.2, 0.25) is 0 Å². The molecule has 0 heterocycles. The molecule has 1 aliphatic carbocycles. The van der Waals surface area contributed by atoms with Crippen molar-refractivity contribution in [3.05, 3.63) is 0 Å². The summed E-state index contributed by atoms with van der Waals surface area (Å²) in [6.07, 6.45) is 2.35. The molecule has 0 bridgehead atoms. The van der Waals surface area contributed by atoms with Gasteiger partial charge in [-0.25, -0.2) is 0 Å². The largest absolute Gasteiger partial charge is 0.386 e. The fraction of sp³-hybridized carbons (Fsp3) is 0.750. The number of halogens is 1. The summed E-state index contributed by atoms with van der Waals surface area (Å²) in [5.74, 6) is 6.01. The van der Waals surface area contributed by atoms with Crippen LogP contribution in [0.5, 0.6) is 0 Å². The first-order valence-electron chi connectivity index (χ1n) is 2.38. The van der Waals surface area contributed by atoms with E-state index in [2.05, 4.69) is 5.10 Å². The van der Waals surface area contributed by atoms with Crippen LogP contribution < -0.4 is 11.6 Å². The molecule has 0 unspecified atom stereocenters. The first-order chi connectivity index (χ1) is 3.34. The van der Waals surface area contributed by atoms with Crippen molar-refractivity contribution in [2.75, 3.05) is 0 Å². The van der Waals surface area contributed by atoms with E-state index in [-0.39, 0.29) is 12.4 Å². The third-order valence-electron chi connectivity index (χ3n) is 1.14. The molecule has 0 spiro atoms. The molecule has 0 aliphatic heterocycles. The van der Waals surface area contributed by atoms with Gasteiger partial charge < -0.3 is 11.6 Å². The molecular weight excluding hydrogens is 126 g/mol. The van der Waals surface area contributed by atoms with Crippen LogP contribution in [0.15, 0.2) is 5.10 Å². The van der Waals surface area contributed by atoms with Crippen molar-refractivity contribution in [1.82, 2.24) is 0 Å². The molecule has 1 rings (SSSR count). The van der Waals surface area contributed by atoms with Crippen LogP contribution >= 0.6 is 12.4 Å². The van der Waals surface area contributed by atoms with Gasteiger partial charge in [0.15, 0.2) is 0 Å². The van der Waals surface area contributed by atoms with Crippen LogP contribution in [-0.2, 0) is 0 Å². The molecule has 48 valence electrons. The summed E-state index contributed by atoms with van der Waals surface area (Å²) in [5.41, 5.74) is 5.30. The van der Waals surface area contributed by atoms with Gasteiger partial charge in [0.05, 0.1) is 0 Å². The Bertz CT molecular complexity index is 97.5. The van der Waals surface area contributed by atoms with Gasteiger partial charge in [0.1, 0.15) is 5.84 Å². The minimum Gasteiger partial charge on any atom is -0.386 e. The van der Waals surface area contributed by atoms with Gasteiger partial charge in [-0.2, -0.15) is 5.10 Å². The van der Waals surface area contributed by atoms with Crippen LogP contribution in [0.3, 0.4) is 0 Å². The van der Waals surface area contributed by atoms with Gasteiger partial charge in [0.25, 0.3) is 0 Å². The van der Waals surface area contributed by atoms with E-state index < -0.39 is 0 Å². The van der Waals surface area contributed by atoms with Gasteiger partial charge >= 0.3 is 0 Å². The third kappa shape index (κ3) is 1.58. The Morgan fingerprint density at radius 3 is 2.12 bits per heavy atom. The third-order valence-corrected chi connectivity index (χ3v) is 1.14. The molecule has 0 amide bonds. The van der Waals surface area contributed by atoms with Crippen molar-refractivity contribution in [1.29, 1.82) is 0 Å². The highest BCUT2D eigenvalue weighted by Gasteiger charge is 2.25. The van der Waals surface area contributed by atoms with Crippen LogP contribution in [0.1, 0.15) is 12.8 Å². The molecule has 0 aromatic carbocycles. The Hall–Kier alpha value is -0.440. The maximum absolute atomic E-state index is 5.30. The maximum Gasteiger partial charge on any atom is 0.122 e. The summed E-state index contributed by atoms with van der Waals surface area (Å²) in [5, 5.41) is 3.34. The summed E-state index contributed by atoms with van der Waals surface area (Å²) in [7, 11) is 0. The Morgan fingerprint density at radius 1 is 1.50 bits per heavy atom. The van der Waals surface area contributed by atoms with Gasteiger partial charge in [-0.15, -0.1) is 12.4 Å². The molecule has 4 N–H and O–H groups in total. The lowest BCUT2D eigenvalue weighted by molar-refractivity contribution is 1.10. The van der Waals surface area contributed by atoms with E-state index in [0.29, 0.717) is 11.8 Å². The number of nitrogens with zero attached hydrogens (tertiary/aromatic N) is 1. The zero-order valence-electron chi connectivity index (χ0n) is 4.50. The fourth-order valence-electron chi connectivity index (χ4n) is 0.485. The molecule has 1 aliphatic rings. The smallest absolute Gasteiger partial charge is 0.122 e. The molecule has 1 fully saturated rings. The van der Waals surface area contributed by atoms with Gasteiger partial charge in [0.2, 0.25) is 0 Å². The Balaban J connectivity index is 0.000000490. The van der Waals surface area contributed by atoms with Gasteiger partial charge in [0, 0.05) is 5.92 Å². The van der Waals surface area contributed by atoms with Crippen LogP contribution in [0, 0.1) is 5.92 Å². The zero-order chi connectivity index (χ0) is 5.28. The average molecular weight is 136 g/mol. The Labute approximate surface area is 54.5 Å². The maximum atomic E-state index is 5.30. The van der Waals surface area contributed by atoms with Gasteiger partial charge in [-0.3, -0.25) is 0 Å². The quantitative estimate of drug-likeness (QED) is 0.231. The van der Waals surface area contributed by atoms with E-state index in [4.69, 9.17) is 11.6 Å². The number of amidine groups is 1. The molecule has 0 atom stereocenters. The SMILES string of the molecule is Cl.N/N=C(\N)C1CC1. The minimum absolute atomic E-state index is 0. The summed E-state index contributed by atoms with van der Waals surface area (Å²) in [4.78, 5) is 0. The molecule has 0 radical (unpaired) electrons. The first kappa shape index (κ1) is 7.56. The highest BCUT2D eigenvalue weighted by atomic mass is 35.5. The molecule has 4 heteroatoms. The van der Waals surface area contributed by atoms with E-state index in [1.807, 2.05) is 0 Å². The van der Waals surface area contributed by atoms with E-state index in [9.17, 15) is 0 Å². The Morgan fingerprint density at radius 2 is 2.00 bits per heavy atom. The zero-order valence-corrected chi connectivity index (χ0v) is 5.32. The first-order valence-corrected chi connectivity index (χ1v) is 2.38. The van der Waals surface area contributed by atoms with Crippen molar-refractivity contribution >= 4 is 18.2 Å². The number of rotatable bonds is 1. The van der Waals surface area contributed by atoms with Crippen molar-refractivity contribution in [3.63, 3.8) is 0 Å². The van der Waals surface area contributed by atoms with Crippen LogP contribution in [0.4, 0.5) is 0 Å². The topological polar surface area (TPSA) is 64.4 Å². The lowest BCUT2D eigenvalue weighted by atomic mass is 10.4. The van der Waals surface area contributed by atoms with E-state index >= 15 is 0 Å². The minimum atomic E-state index is 0. The standard InChI is InChI=1S/C4H9N3.ClH/c5-4(7-6)3-1-2-3;/h3H,1-2,6H2,(H2,5,7);1H. The van der Waals surface area contributed by atoms with Gasteiger partial charge in [-0.05, 0) is 12.8 Å². The lowest BCUT2D eigenvalue weighted by Gasteiger charge is -1.87. The number of hydrogen-bond acceptors (Lipinski definition) is 2. The summed E-state index contributed by atoms with van der Waals surface area (Å²) >= 11 is 0. The summed E-state index contributed by atoms with van der Waals surface area (Å²) in [6.45, 7) is 0. The van der Waals surface area contributed by atoms with E-state index in [1.165, 1.54) is 12.8 Å². The second kappa shape index (κ2) is 2.77. The van der Waals surface area contributed by atoms with E-state index in [1.54, 1.807) is 0 Å². The highest BCUT2D eigenvalue weighted by molar-refractivity contribution is 5.85. The molecular formula is C4H10ClN3. The number of hydrazone groups is 1. The van der Waals surface area contributed by atoms with Crippen molar-refractivity contribution in [2.45, 2.75) is 12.8 Å². The molecule has 0 saturated heterocycles. The molecule has 3 nitrogen and oxygen atoms in total. The Kier molecular flexibility index (Phi) is 2.62.